The van der Waals surface area contributed by atoms with Gasteiger partial charge < -0.3 is 15.1 Å². The number of halogens is 1. The van der Waals surface area contributed by atoms with Crippen molar-refractivity contribution in [3.8, 4) is 0 Å². The van der Waals surface area contributed by atoms with E-state index in [-0.39, 0.29) is 24.2 Å². The number of rotatable bonds is 6. The number of nitrogens with one attached hydrogen (secondary N) is 1. The molecule has 1 N–H and O–H groups in total. The highest BCUT2D eigenvalue weighted by Gasteiger charge is 2.21. The van der Waals surface area contributed by atoms with Gasteiger partial charge in [0, 0.05) is 36.6 Å². The normalized spacial score (nSPS) is 13.8. The molecule has 0 unspecified atom stereocenters. The average molecular weight is 355 g/mol. The minimum atomic E-state index is -0.329. The van der Waals surface area contributed by atoms with Crippen LogP contribution >= 0.6 is 0 Å². The second kappa shape index (κ2) is 7.99. The van der Waals surface area contributed by atoms with Crippen LogP contribution < -0.4 is 15.1 Å². The van der Waals surface area contributed by atoms with Gasteiger partial charge in [0.2, 0.25) is 11.8 Å². The van der Waals surface area contributed by atoms with Crippen molar-refractivity contribution in [3.63, 3.8) is 0 Å². The molecule has 1 aliphatic heterocycles. The number of amides is 2. The van der Waals surface area contributed by atoms with E-state index < -0.39 is 0 Å². The summed E-state index contributed by atoms with van der Waals surface area (Å²) < 4.78 is 13.4. The van der Waals surface area contributed by atoms with Crippen molar-refractivity contribution in [3.05, 3.63) is 54.3 Å². The third kappa shape index (κ3) is 4.20. The minimum Gasteiger partial charge on any atom is -0.362 e. The summed E-state index contributed by atoms with van der Waals surface area (Å²) in [7, 11) is 0. The Morgan fingerprint density at radius 2 is 2.04 bits per heavy atom. The van der Waals surface area contributed by atoms with Crippen molar-refractivity contribution in [1.29, 1.82) is 0 Å². The van der Waals surface area contributed by atoms with Crippen LogP contribution in [-0.4, -0.2) is 31.4 Å². The monoisotopic (exact) mass is 355 g/mol. The van der Waals surface area contributed by atoms with Gasteiger partial charge in [-0.05, 0) is 49.7 Å². The molecule has 0 spiro atoms. The van der Waals surface area contributed by atoms with Gasteiger partial charge >= 0.3 is 0 Å². The molecule has 136 valence electrons. The van der Waals surface area contributed by atoms with Gasteiger partial charge in [0.25, 0.3) is 0 Å². The molecule has 1 heterocycles. The first-order valence-corrected chi connectivity index (χ1v) is 8.77. The van der Waals surface area contributed by atoms with E-state index in [2.05, 4.69) is 5.32 Å². The fourth-order valence-electron chi connectivity index (χ4n) is 3.11. The number of likely N-dealkylation sites (N-methyl/N-ethyl adjacent to an activating group) is 1. The Balaban J connectivity index is 1.66. The summed E-state index contributed by atoms with van der Waals surface area (Å²) in [6.07, 6.45) is 1.42. The highest BCUT2D eigenvalue weighted by molar-refractivity contribution is 5.97. The molecule has 0 bridgehead atoms. The van der Waals surface area contributed by atoms with E-state index in [1.54, 1.807) is 34.1 Å². The van der Waals surface area contributed by atoms with Crippen LogP contribution in [0.15, 0.2) is 48.5 Å². The van der Waals surface area contributed by atoms with Crippen LogP contribution in [0.3, 0.4) is 0 Å². The molecule has 1 fully saturated rings. The number of carbonyl (C=O) groups excluding carboxylic acids is 2. The molecule has 2 aromatic carbocycles. The second-order valence-corrected chi connectivity index (χ2v) is 6.24. The molecular weight excluding hydrogens is 333 g/mol. The van der Waals surface area contributed by atoms with Crippen LogP contribution in [0.25, 0.3) is 0 Å². The zero-order valence-corrected chi connectivity index (χ0v) is 14.7. The van der Waals surface area contributed by atoms with Crippen molar-refractivity contribution in [2.24, 2.45) is 0 Å². The number of nitrogens with zero attached hydrogens (tertiary/aromatic N) is 2. The van der Waals surface area contributed by atoms with Crippen molar-refractivity contribution in [2.45, 2.75) is 19.8 Å². The first-order valence-electron chi connectivity index (χ1n) is 8.77. The zero-order valence-electron chi connectivity index (χ0n) is 14.7. The zero-order chi connectivity index (χ0) is 18.5. The number of anilines is 3. The van der Waals surface area contributed by atoms with Crippen LogP contribution in [0.4, 0.5) is 21.5 Å². The molecule has 0 aliphatic carbocycles. The predicted octanol–water partition coefficient (Wildman–Crippen LogP) is 3.42. The molecule has 2 amide bonds. The number of benzene rings is 2. The van der Waals surface area contributed by atoms with Gasteiger partial charge in [-0.2, -0.15) is 0 Å². The van der Waals surface area contributed by atoms with E-state index in [9.17, 15) is 14.0 Å². The summed E-state index contributed by atoms with van der Waals surface area (Å²) in [4.78, 5) is 27.8. The first kappa shape index (κ1) is 17.9. The molecule has 1 saturated heterocycles. The fraction of sp³-hybridized carbons (Fsp3) is 0.300. The molecule has 26 heavy (non-hydrogen) atoms. The van der Waals surface area contributed by atoms with Crippen LogP contribution in [0.5, 0.6) is 0 Å². The highest BCUT2D eigenvalue weighted by atomic mass is 19.1. The molecule has 6 heteroatoms. The van der Waals surface area contributed by atoms with Crippen molar-refractivity contribution >= 4 is 28.9 Å². The van der Waals surface area contributed by atoms with Crippen molar-refractivity contribution < 1.29 is 14.0 Å². The first-order chi connectivity index (χ1) is 12.6. The summed E-state index contributed by atoms with van der Waals surface area (Å²) in [5.74, 6) is -0.415. The maximum Gasteiger partial charge on any atom is 0.243 e. The Labute approximate surface area is 152 Å². The highest BCUT2D eigenvalue weighted by Crippen LogP contribution is 2.24. The quantitative estimate of drug-likeness (QED) is 0.864. The van der Waals surface area contributed by atoms with Crippen LogP contribution in [0, 0.1) is 5.82 Å². The topological polar surface area (TPSA) is 52.7 Å². The van der Waals surface area contributed by atoms with Gasteiger partial charge in [-0.3, -0.25) is 9.59 Å². The van der Waals surface area contributed by atoms with E-state index in [0.29, 0.717) is 30.9 Å². The van der Waals surface area contributed by atoms with E-state index in [4.69, 9.17) is 0 Å². The lowest BCUT2D eigenvalue weighted by atomic mass is 10.2. The lowest BCUT2D eigenvalue weighted by Crippen LogP contribution is -2.33. The van der Waals surface area contributed by atoms with Crippen LogP contribution in [0.1, 0.15) is 19.8 Å². The number of hydrogen-bond acceptors (Lipinski definition) is 3. The molecule has 2 aromatic rings. The molecule has 3 rings (SSSR count). The Kier molecular flexibility index (Phi) is 5.51. The number of hydrogen-bond donors (Lipinski definition) is 1. The van der Waals surface area contributed by atoms with Crippen molar-refractivity contribution in [2.75, 3.05) is 34.8 Å². The third-order valence-corrected chi connectivity index (χ3v) is 4.40. The summed E-state index contributed by atoms with van der Waals surface area (Å²) in [5, 5.41) is 2.86. The molecule has 5 nitrogen and oxygen atoms in total. The van der Waals surface area contributed by atoms with Crippen LogP contribution in [0.2, 0.25) is 0 Å². The van der Waals surface area contributed by atoms with E-state index >= 15 is 0 Å². The van der Waals surface area contributed by atoms with E-state index in [1.165, 1.54) is 12.1 Å². The number of carbonyl (C=O) groups is 2. The lowest BCUT2D eigenvalue weighted by Gasteiger charge is -2.23. The molecular formula is C20H22FN3O2. The minimum absolute atomic E-state index is 0.108. The van der Waals surface area contributed by atoms with E-state index in [1.807, 2.05) is 19.1 Å². The summed E-state index contributed by atoms with van der Waals surface area (Å²) in [5.41, 5.74) is 2.10. The van der Waals surface area contributed by atoms with Gasteiger partial charge in [-0.15, -0.1) is 0 Å². The molecule has 0 aromatic heterocycles. The SMILES string of the molecule is CCN(CC(=O)Nc1cccc(N2CCCC2=O)c1)c1cccc(F)c1. The fourth-order valence-corrected chi connectivity index (χ4v) is 3.11. The maximum atomic E-state index is 13.4. The Bertz CT molecular complexity index is 809. The van der Waals surface area contributed by atoms with Gasteiger partial charge in [-0.25, -0.2) is 4.39 Å². The summed E-state index contributed by atoms with van der Waals surface area (Å²) in [6.45, 7) is 3.32. The Morgan fingerprint density at radius 3 is 2.73 bits per heavy atom. The second-order valence-electron chi connectivity index (χ2n) is 6.24. The predicted molar refractivity (Wildman–Crippen MR) is 101 cm³/mol. The maximum absolute atomic E-state index is 13.4. The third-order valence-electron chi connectivity index (χ3n) is 4.40. The molecule has 0 radical (unpaired) electrons. The summed E-state index contributed by atoms with van der Waals surface area (Å²) >= 11 is 0. The van der Waals surface area contributed by atoms with Gasteiger partial charge in [0.05, 0.1) is 6.54 Å². The van der Waals surface area contributed by atoms with Gasteiger partial charge in [0.15, 0.2) is 0 Å². The smallest absolute Gasteiger partial charge is 0.243 e. The Hall–Kier alpha value is -2.89. The molecule has 0 atom stereocenters. The van der Waals surface area contributed by atoms with Gasteiger partial charge in [0.1, 0.15) is 5.82 Å². The van der Waals surface area contributed by atoms with E-state index in [0.717, 1.165) is 12.1 Å². The lowest BCUT2D eigenvalue weighted by molar-refractivity contribution is -0.117. The average Bonchev–Trinajstić information content (AvgIpc) is 3.06. The van der Waals surface area contributed by atoms with Crippen molar-refractivity contribution in [1.82, 2.24) is 0 Å². The molecule has 1 aliphatic rings. The molecule has 0 saturated carbocycles. The largest absolute Gasteiger partial charge is 0.362 e. The Morgan fingerprint density at radius 1 is 1.23 bits per heavy atom. The standard InChI is InChI=1S/C20H22FN3O2/c1-2-23(17-8-3-6-15(21)12-17)14-19(25)22-16-7-4-9-18(13-16)24-11-5-10-20(24)26/h3-4,6-9,12-13H,2,5,10-11,14H2,1H3,(H,22,25). The van der Waals surface area contributed by atoms with Gasteiger partial charge in [-0.1, -0.05) is 12.1 Å². The summed E-state index contributed by atoms with van der Waals surface area (Å²) in [6, 6.07) is 13.5. The van der Waals surface area contributed by atoms with Crippen LogP contribution in [-0.2, 0) is 9.59 Å².